The highest BCUT2D eigenvalue weighted by atomic mass is 35.5. The first kappa shape index (κ1) is 14.9. The van der Waals surface area contributed by atoms with Crippen LogP contribution in [0.2, 0.25) is 5.02 Å². The molecule has 0 bridgehead atoms. The van der Waals surface area contributed by atoms with E-state index in [0.29, 0.717) is 11.6 Å². The Morgan fingerprint density at radius 3 is 2.75 bits per heavy atom. The van der Waals surface area contributed by atoms with E-state index in [-0.39, 0.29) is 6.04 Å². The zero-order valence-electron chi connectivity index (χ0n) is 12.1. The third-order valence-electron chi connectivity index (χ3n) is 3.36. The SMILES string of the molecule is CCNC(Cn1ncc(Cl)c1C)c1ccccc1OC. The average Bonchev–Trinajstić information content (AvgIpc) is 2.78. The number of benzene rings is 1. The standard InChI is InChI=1S/C15H20ClN3O/c1-4-17-14(10-19-11(2)13(16)9-18-19)12-7-5-6-8-15(12)20-3/h5-9,14,17H,4,10H2,1-3H3. The Morgan fingerprint density at radius 2 is 2.15 bits per heavy atom. The van der Waals surface area contributed by atoms with Crippen molar-refractivity contribution in [1.82, 2.24) is 15.1 Å². The predicted octanol–water partition coefficient (Wildman–Crippen LogP) is 3.20. The Morgan fingerprint density at radius 1 is 1.40 bits per heavy atom. The van der Waals surface area contributed by atoms with Crippen LogP contribution in [-0.4, -0.2) is 23.4 Å². The fourth-order valence-corrected chi connectivity index (χ4v) is 2.40. The molecule has 0 saturated heterocycles. The molecule has 4 nitrogen and oxygen atoms in total. The zero-order chi connectivity index (χ0) is 14.5. The molecule has 1 aromatic heterocycles. The molecular weight excluding hydrogens is 274 g/mol. The van der Waals surface area contributed by atoms with Crippen molar-refractivity contribution < 1.29 is 4.74 Å². The molecule has 1 atom stereocenters. The molecule has 0 aliphatic heterocycles. The van der Waals surface area contributed by atoms with E-state index in [1.807, 2.05) is 29.8 Å². The van der Waals surface area contributed by atoms with Gasteiger partial charge in [-0.05, 0) is 19.5 Å². The second-order valence-corrected chi connectivity index (χ2v) is 5.02. The number of halogens is 1. The Labute approximate surface area is 124 Å². The van der Waals surface area contributed by atoms with Crippen molar-refractivity contribution in [3.63, 3.8) is 0 Å². The van der Waals surface area contributed by atoms with Gasteiger partial charge >= 0.3 is 0 Å². The van der Waals surface area contributed by atoms with Crippen LogP contribution >= 0.6 is 11.6 Å². The van der Waals surface area contributed by atoms with Gasteiger partial charge in [0, 0.05) is 5.56 Å². The minimum Gasteiger partial charge on any atom is -0.496 e. The molecule has 1 aromatic carbocycles. The summed E-state index contributed by atoms with van der Waals surface area (Å²) in [5.41, 5.74) is 2.10. The lowest BCUT2D eigenvalue weighted by Crippen LogP contribution is -2.26. The molecular formula is C15H20ClN3O. The van der Waals surface area contributed by atoms with Gasteiger partial charge in [0.25, 0.3) is 0 Å². The number of aromatic nitrogens is 2. The topological polar surface area (TPSA) is 39.1 Å². The number of hydrogen-bond donors (Lipinski definition) is 1. The van der Waals surface area contributed by atoms with Crippen molar-refractivity contribution in [2.24, 2.45) is 0 Å². The van der Waals surface area contributed by atoms with E-state index in [2.05, 4.69) is 23.4 Å². The quantitative estimate of drug-likeness (QED) is 0.889. The minimum absolute atomic E-state index is 0.130. The average molecular weight is 294 g/mol. The molecule has 1 N–H and O–H groups in total. The van der Waals surface area contributed by atoms with Crippen LogP contribution in [0.5, 0.6) is 5.75 Å². The largest absolute Gasteiger partial charge is 0.496 e. The van der Waals surface area contributed by atoms with Crippen LogP contribution in [0.4, 0.5) is 0 Å². The van der Waals surface area contributed by atoms with Gasteiger partial charge in [-0.25, -0.2) is 0 Å². The molecule has 0 amide bonds. The summed E-state index contributed by atoms with van der Waals surface area (Å²) >= 11 is 6.07. The maximum Gasteiger partial charge on any atom is 0.123 e. The lowest BCUT2D eigenvalue weighted by Gasteiger charge is -2.21. The van der Waals surface area contributed by atoms with Gasteiger partial charge in [-0.3, -0.25) is 4.68 Å². The van der Waals surface area contributed by atoms with Crippen LogP contribution in [-0.2, 0) is 6.54 Å². The number of likely N-dealkylation sites (N-methyl/N-ethyl adjacent to an activating group) is 1. The number of hydrogen-bond acceptors (Lipinski definition) is 3. The highest BCUT2D eigenvalue weighted by molar-refractivity contribution is 6.31. The predicted molar refractivity (Wildman–Crippen MR) is 81.4 cm³/mol. The third kappa shape index (κ3) is 3.14. The van der Waals surface area contributed by atoms with Crippen molar-refractivity contribution in [2.75, 3.05) is 13.7 Å². The normalized spacial score (nSPS) is 12.4. The number of nitrogens with one attached hydrogen (secondary N) is 1. The summed E-state index contributed by atoms with van der Waals surface area (Å²) in [6.07, 6.45) is 1.68. The monoisotopic (exact) mass is 293 g/mol. The molecule has 0 radical (unpaired) electrons. The lowest BCUT2D eigenvalue weighted by atomic mass is 10.1. The maximum atomic E-state index is 6.07. The first-order chi connectivity index (χ1) is 9.67. The zero-order valence-corrected chi connectivity index (χ0v) is 12.8. The molecule has 0 aliphatic carbocycles. The molecule has 2 rings (SSSR count). The smallest absolute Gasteiger partial charge is 0.123 e. The molecule has 5 heteroatoms. The molecule has 0 saturated carbocycles. The van der Waals surface area contributed by atoms with Gasteiger partial charge in [0.05, 0.1) is 36.6 Å². The highest BCUT2D eigenvalue weighted by Gasteiger charge is 2.17. The van der Waals surface area contributed by atoms with Crippen LogP contribution in [0.15, 0.2) is 30.5 Å². The molecule has 1 heterocycles. The summed E-state index contributed by atoms with van der Waals surface area (Å²) in [6, 6.07) is 8.17. The first-order valence-electron chi connectivity index (χ1n) is 6.71. The summed E-state index contributed by atoms with van der Waals surface area (Å²) in [4.78, 5) is 0. The van der Waals surface area contributed by atoms with E-state index >= 15 is 0 Å². The van der Waals surface area contributed by atoms with Gasteiger partial charge < -0.3 is 10.1 Å². The van der Waals surface area contributed by atoms with Gasteiger partial charge in [-0.1, -0.05) is 36.7 Å². The Hall–Kier alpha value is -1.52. The Bertz CT molecular complexity index is 568. The molecule has 1 unspecified atom stereocenters. The van der Waals surface area contributed by atoms with Crippen LogP contribution in [0.25, 0.3) is 0 Å². The van der Waals surface area contributed by atoms with E-state index in [9.17, 15) is 0 Å². The highest BCUT2D eigenvalue weighted by Crippen LogP contribution is 2.26. The maximum absolute atomic E-state index is 6.07. The minimum atomic E-state index is 0.130. The van der Waals surface area contributed by atoms with Gasteiger partial charge in [-0.2, -0.15) is 5.10 Å². The van der Waals surface area contributed by atoms with Gasteiger partial charge in [-0.15, -0.1) is 0 Å². The summed E-state index contributed by atoms with van der Waals surface area (Å²) in [5.74, 6) is 0.884. The van der Waals surface area contributed by atoms with E-state index in [1.165, 1.54) is 0 Å². The first-order valence-corrected chi connectivity index (χ1v) is 7.09. The Kier molecular flexibility index (Phi) is 5.04. The van der Waals surface area contributed by atoms with Crippen molar-refractivity contribution in [1.29, 1.82) is 0 Å². The third-order valence-corrected chi connectivity index (χ3v) is 3.73. The fraction of sp³-hybridized carbons (Fsp3) is 0.400. The van der Waals surface area contributed by atoms with Gasteiger partial charge in [0.2, 0.25) is 0 Å². The molecule has 20 heavy (non-hydrogen) atoms. The van der Waals surface area contributed by atoms with Crippen LogP contribution in [0, 0.1) is 6.92 Å². The van der Waals surface area contributed by atoms with Gasteiger partial charge in [0.1, 0.15) is 5.75 Å². The summed E-state index contributed by atoms with van der Waals surface area (Å²) in [5, 5.41) is 8.49. The number of rotatable bonds is 6. The lowest BCUT2D eigenvalue weighted by molar-refractivity contribution is 0.384. The van der Waals surface area contributed by atoms with Crippen LogP contribution in [0.1, 0.15) is 24.2 Å². The molecule has 0 spiro atoms. The van der Waals surface area contributed by atoms with Crippen molar-refractivity contribution in [3.8, 4) is 5.75 Å². The van der Waals surface area contributed by atoms with Crippen molar-refractivity contribution in [3.05, 3.63) is 46.7 Å². The van der Waals surface area contributed by atoms with Crippen LogP contribution < -0.4 is 10.1 Å². The van der Waals surface area contributed by atoms with E-state index in [1.54, 1.807) is 13.3 Å². The second kappa shape index (κ2) is 6.77. The molecule has 2 aromatic rings. The second-order valence-electron chi connectivity index (χ2n) is 4.61. The summed E-state index contributed by atoms with van der Waals surface area (Å²) in [7, 11) is 1.69. The van der Waals surface area contributed by atoms with E-state index in [0.717, 1.165) is 23.6 Å². The number of methoxy groups -OCH3 is 1. The summed E-state index contributed by atoms with van der Waals surface area (Å²) < 4.78 is 7.37. The molecule has 0 fully saturated rings. The number of para-hydroxylation sites is 1. The van der Waals surface area contributed by atoms with Crippen LogP contribution in [0.3, 0.4) is 0 Å². The molecule has 0 aliphatic rings. The molecule has 108 valence electrons. The summed E-state index contributed by atoms with van der Waals surface area (Å²) in [6.45, 7) is 5.65. The van der Waals surface area contributed by atoms with E-state index < -0.39 is 0 Å². The van der Waals surface area contributed by atoms with Crippen molar-refractivity contribution in [2.45, 2.75) is 26.4 Å². The Balaban J connectivity index is 2.29. The van der Waals surface area contributed by atoms with Crippen molar-refractivity contribution >= 4 is 11.6 Å². The van der Waals surface area contributed by atoms with Gasteiger partial charge in [0.15, 0.2) is 0 Å². The number of nitrogens with zero attached hydrogens (tertiary/aromatic N) is 2. The van der Waals surface area contributed by atoms with E-state index in [4.69, 9.17) is 16.3 Å². The fourth-order valence-electron chi connectivity index (χ4n) is 2.25. The number of ether oxygens (including phenoxy) is 1.